The van der Waals surface area contributed by atoms with E-state index in [2.05, 4.69) is 5.32 Å². The van der Waals surface area contributed by atoms with Gasteiger partial charge in [-0.2, -0.15) is 8.78 Å². The van der Waals surface area contributed by atoms with Gasteiger partial charge in [-0.25, -0.2) is 0 Å². The molecular formula is C13H15F2NOS. The van der Waals surface area contributed by atoms with Crippen LogP contribution in [-0.4, -0.2) is 11.7 Å². The molecule has 1 aromatic carbocycles. The highest BCUT2D eigenvalue weighted by Gasteiger charge is 2.23. The Labute approximate surface area is 109 Å². The number of hydrogen-bond donors (Lipinski definition) is 1. The summed E-state index contributed by atoms with van der Waals surface area (Å²) in [7, 11) is 0. The van der Waals surface area contributed by atoms with Crippen molar-refractivity contribution < 1.29 is 13.6 Å². The molecule has 1 amide bonds. The molecule has 98 valence electrons. The lowest BCUT2D eigenvalue weighted by Gasteiger charge is -2.13. The number of hydrogen-bond acceptors (Lipinski definition) is 2. The fourth-order valence-electron chi connectivity index (χ4n) is 2.19. The molecule has 1 N–H and O–H groups in total. The molecule has 1 aromatic rings. The van der Waals surface area contributed by atoms with Crippen LogP contribution in [0.25, 0.3) is 0 Å². The van der Waals surface area contributed by atoms with Crippen molar-refractivity contribution in [3.63, 3.8) is 0 Å². The monoisotopic (exact) mass is 271 g/mol. The molecule has 1 fully saturated rings. The molecule has 0 aromatic heterocycles. The third-order valence-electron chi connectivity index (χ3n) is 3.09. The van der Waals surface area contributed by atoms with Gasteiger partial charge < -0.3 is 5.32 Å². The second-order valence-corrected chi connectivity index (χ2v) is 5.38. The molecule has 0 heterocycles. The van der Waals surface area contributed by atoms with Gasteiger partial charge in [-0.05, 0) is 25.0 Å². The van der Waals surface area contributed by atoms with Crippen molar-refractivity contribution >= 4 is 23.4 Å². The zero-order valence-corrected chi connectivity index (χ0v) is 10.7. The van der Waals surface area contributed by atoms with E-state index in [0.29, 0.717) is 22.3 Å². The molecule has 1 aliphatic rings. The van der Waals surface area contributed by atoms with Crippen molar-refractivity contribution in [2.75, 3.05) is 5.32 Å². The zero-order chi connectivity index (χ0) is 13.0. The summed E-state index contributed by atoms with van der Waals surface area (Å²) >= 11 is 0.462. The maximum atomic E-state index is 12.4. The first-order valence-corrected chi connectivity index (χ1v) is 6.89. The topological polar surface area (TPSA) is 29.1 Å². The minimum absolute atomic E-state index is 0.0367. The van der Waals surface area contributed by atoms with Crippen molar-refractivity contribution in [3.05, 3.63) is 24.3 Å². The quantitative estimate of drug-likeness (QED) is 0.834. The second kappa shape index (κ2) is 6.18. The molecule has 5 heteroatoms. The van der Waals surface area contributed by atoms with Gasteiger partial charge in [0.15, 0.2) is 0 Å². The maximum Gasteiger partial charge on any atom is 0.288 e. The van der Waals surface area contributed by atoms with Crippen LogP contribution >= 0.6 is 11.8 Å². The van der Waals surface area contributed by atoms with E-state index in [0.717, 1.165) is 25.7 Å². The lowest BCUT2D eigenvalue weighted by Crippen LogP contribution is -2.20. The van der Waals surface area contributed by atoms with E-state index < -0.39 is 5.76 Å². The van der Waals surface area contributed by atoms with E-state index in [1.54, 1.807) is 24.3 Å². The normalized spacial score (nSPS) is 16.2. The van der Waals surface area contributed by atoms with Crippen LogP contribution in [-0.2, 0) is 4.79 Å². The number of nitrogens with one attached hydrogen (secondary N) is 1. The molecule has 18 heavy (non-hydrogen) atoms. The Hall–Kier alpha value is -1.10. The van der Waals surface area contributed by atoms with Gasteiger partial charge in [0.2, 0.25) is 5.91 Å². The number of alkyl halides is 2. The number of rotatable bonds is 4. The Kier molecular flexibility index (Phi) is 4.58. The van der Waals surface area contributed by atoms with E-state index in [4.69, 9.17) is 0 Å². The highest BCUT2D eigenvalue weighted by molar-refractivity contribution is 7.99. The van der Waals surface area contributed by atoms with Crippen molar-refractivity contribution in [1.29, 1.82) is 0 Å². The van der Waals surface area contributed by atoms with Crippen LogP contribution < -0.4 is 5.32 Å². The predicted octanol–water partition coefficient (Wildman–Crippen LogP) is 4.13. The minimum Gasteiger partial charge on any atom is -0.325 e. The van der Waals surface area contributed by atoms with Crippen LogP contribution in [0.1, 0.15) is 25.7 Å². The van der Waals surface area contributed by atoms with Crippen molar-refractivity contribution in [3.8, 4) is 0 Å². The summed E-state index contributed by atoms with van der Waals surface area (Å²) in [5.74, 6) is -2.49. The summed E-state index contributed by atoms with van der Waals surface area (Å²) in [5.41, 5.74) is 0.486. The first-order valence-electron chi connectivity index (χ1n) is 6.01. The Balaban J connectivity index is 2.05. The van der Waals surface area contributed by atoms with Gasteiger partial charge >= 0.3 is 0 Å². The molecule has 0 aliphatic heterocycles. The number of carbonyl (C=O) groups excluding carboxylic acids is 1. The summed E-state index contributed by atoms with van der Waals surface area (Å²) < 4.78 is 24.8. The Morgan fingerprint density at radius 1 is 1.28 bits per heavy atom. The van der Waals surface area contributed by atoms with E-state index >= 15 is 0 Å². The molecule has 1 saturated carbocycles. The molecule has 0 unspecified atom stereocenters. The Morgan fingerprint density at radius 3 is 2.61 bits per heavy atom. The third-order valence-corrected chi connectivity index (χ3v) is 3.88. The summed E-state index contributed by atoms with van der Waals surface area (Å²) in [6, 6.07) is 6.69. The summed E-state index contributed by atoms with van der Waals surface area (Å²) in [6.07, 6.45) is 3.95. The lowest BCUT2D eigenvalue weighted by atomic mass is 10.1. The smallest absolute Gasteiger partial charge is 0.288 e. The zero-order valence-electron chi connectivity index (χ0n) is 9.86. The predicted molar refractivity (Wildman–Crippen MR) is 68.9 cm³/mol. The van der Waals surface area contributed by atoms with E-state index in [9.17, 15) is 13.6 Å². The van der Waals surface area contributed by atoms with Crippen molar-refractivity contribution in [2.45, 2.75) is 36.3 Å². The standard InChI is InChI=1S/C13H15F2NOS/c14-13(15)18-11-8-4-3-7-10(11)16-12(17)9-5-1-2-6-9/h3-4,7-9,13H,1-2,5-6H2,(H,16,17). The molecule has 1 aliphatic carbocycles. The average Bonchev–Trinajstić information content (AvgIpc) is 2.84. The third kappa shape index (κ3) is 3.45. The van der Waals surface area contributed by atoms with Gasteiger partial charge in [-0.1, -0.05) is 36.7 Å². The highest BCUT2D eigenvalue weighted by atomic mass is 32.2. The van der Waals surface area contributed by atoms with Crippen LogP contribution in [0.5, 0.6) is 0 Å². The molecule has 2 nitrogen and oxygen atoms in total. The second-order valence-electron chi connectivity index (χ2n) is 4.35. The number of anilines is 1. The van der Waals surface area contributed by atoms with Gasteiger partial charge in [0.05, 0.1) is 5.69 Å². The minimum atomic E-state index is -2.48. The van der Waals surface area contributed by atoms with Gasteiger partial charge in [0, 0.05) is 10.8 Å². The molecular weight excluding hydrogens is 256 g/mol. The van der Waals surface area contributed by atoms with Crippen molar-refractivity contribution in [1.82, 2.24) is 0 Å². The van der Waals surface area contributed by atoms with Crippen LogP contribution in [0.3, 0.4) is 0 Å². The number of benzene rings is 1. The van der Waals surface area contributed by atoms with Gasteiger partial charge in [0.1, 0.15) is 0 Å². The summed E-state index contributed by atoms with van der Waals surface area (Å²) in [6.45, 7) is 0. The van der Waals surface area contributed by atoms with Gasteiger partial charge in [-0.15, -0.1) is 0 Å². The van der Waals surface area contributed by atoms with Gasteiger partial charge in [-0.3, -0.25) is 4.79 Å². The molecule has 2 rings (SSSR count). The SMILES string of the molecule is O=C(Nc1ccccc1SC(F)F)C1CCCC1. The summed E-state index contributed by atoms with van der Waals surface area (Å²) in [5, 5.41) is 2.76. The van der Waals surface area contributed by atoms with Crippen LogP contribution in [0.15, 0.2) is 29.2 Å². The molecule has 0 atom stereocenters. The highest BCUT2D eigenvalue weighted by Crippen LogP contribution is 2.33. The van der Waals surface area contributed by atoms with Crippen LogP contribution in [0.4, 0.5) is 14.5 Å². The largest absolute Gasteiger partial charge is 0.325 e. The van der Waals surface area contributed by atoms with E-state index in [1.165, 1.54) is 0 Å². The molecule has 0 spiro atoms. The fourth-order valence-corrected chi connectivity index (χ4v) is 2.79. The van der Waals surface area contributed by atoms with Gasteiger partial charge in [0.25, 0.3) is 5.76 Å². The maximum absolute atomic E-state index is 12.4. The number of carbonyl (C=O) groups is 1. The fraction of sp³-hybridized carbons (Fsp3) is 0.462. The first-order chi connectivity index (χ1) is 8.66. The molecule has 0 radical (unpaired) electrons. The van der Waals surface area contributed by atoms with Crippen molar-refractivity contribution in [2.24, 2.45) is 5.92 Å². The summed E-state index contributed by atoms with van der Waals surface area (Å²) in [4.78, 5) is 12.4. The van der Waals surface area contributed by atoms with E-state index in [-0.39, 0.29) is 11.8 Å². The van der Waals surface area contributed by atoms with Crippen LogP contribution in [0.2, 0.25) is 0 Å². The van der Waals surface area contributed by atoms with E-state index in [1.807, 2.05) is 0 Å². The average molecular weight is 271 g/mol. The number of amides is 1. The molecule has 0 saturated heterocycles. The Morgan fingerprint density at radius 2 is 1.94 bits per heavy atom. The lowest BCUT2D eigenvalue weighted by molar-refractivity contribution is -0.119. The van der Waals surface area contributed by atoms with Crippen LogP contribution in [0, 0.1) is 5.92 Å². The number of halogens is 2. The number of thioether (sulfide) groups is 1. The number of para-hydroxylation sites is 1. The first kappa shape index (κ1) is 13.3. The Bertz CT molecular complexity index is 419. The molecule has 0 bridgehead atoms.